The van der Waals surface area contributed by atoms with E-state index >= 15 is 0 Å². The molecule has 2 aliphatic rings. The van der Waals surface area contributed by atoms with Crippen molar-refractivity contribution in [1.82, 2.24) is 14.5 Å². The summed E-state index contributed by atoms with van der Waals surface area (Å²) in [5.74, 6) is -0.324. The van der Waals surface area contributed by atoms with E-state index in [1.165, 1.54) is 5.69 Å². The van der Waals surface area contributed by atoms with Crippen molar-refractivity contribution in [2.75, 3.05) is 81.8 Å². The van der Waals surface area contributed by atoms with Gasteiger partial charge >= 0.3 is 0 Å². The summed E-state index contributed by atoms with van der Waals surface area (Å²) in [5, 5.41) is 5.00. The average Bonchev–Trinajstić information content (AvgIpc) is 3.82. The quantitative estimate of drug-likeness (QED) is 0.113. The molecule has 0 spiro atoms. The van der Waals surface area contributed by atoms with E-state index in [1.807, 2.05) is 33.9 Å². The van der Waals surface area contributed by atoms with Crippen molar-refractivity contribution < 1.29 is 23.7 Å². The van der Waals surface area contributed by atoms with Crippen LogP contribution in [0.4, 0.5) is 17.1 Å². The van der Waals surface area contributed by atoms with Crippen LogP contribution in [0, 0.1) is 0 Å². The Morgan fingerprint density at radius 3 is 2.25 bits per heavy atom. The summed E-state index contributed by atoms with van der Waals surface area (Å²) in [4.78, 5) is 11.0. The number of likely N-dealkylation sites (N-methyl/N-ethyl adjacent to an activating group) is 1. The largest absolute Gasteiger partial charge is 0.491 e. The van der Waals surface area contributed by atoms with Crippen LogP contribution in [-0.4, -0.2) is 98.7 Å². The molecule has 2 aliphatic heterocycles. The number of aromatic nitrogens is 2. The van der Waals surface area contributed by atoms with Crippen molar-refractivity contribution >= 4 is 57.6 Å². The Morgan fingerprint density at radius 1 is 1.00 bits per heavy atom. The first-order valence-electron chi connectivity index (χ1n) is 17.0. The second kappa shape index (κ2) is 17.3. The first-order chi connectivity index (χ1) is 24.8. The monoisotopic (exact) mass is 754 g/mol. The van der Waals surface area contributed by atoms with E-state index < -0.39 is 5.79 Å². The summed E-state index contributed by atoms with van der Waals surface area (Å²) in [6.07, 6.45) is 4.66. The molecule has 11 nitrogen and oxygen atoms in total. The molecule has 14 heteroatoms. The molecule has 0 bridgehead atoms. The van der Waals surface area contributed by atoms with Crippen LogP contribution >= 0.6 is 35.4 Å². The molecule has 3 aromatic carbocycles. The third kappa shape index (κ3) is 9.25. The SMILES string of the molecule is CCN(CC(OC)OC)C(=S)Nc1ccc(N2CCN(c3ccc(OCC4COC(Cn5ccnc5)(c5ccc(Cl)cc5Cl)O4)cc3)CC2)cc1. The van der Waals surface area contributed by atoms with E-state index in [9.17, 15) is 0 Å². The first kappa shape index (κ1) is 37.1. The number of benzene rings is 3. The lowest BCUT2D eigenvalue weighted by Gasteiger charge is -2.37. The third-order valence-electron chi connectivity index (χ3n) is 9.12. The van der Waals surface area contributed by atoms with E-state index in [1.54, 1.807) is 38.9 Å². The summed E-state index contributed by atoms with van der Waals surface area (Å²) >= 11 is 18.4. The van der Waals surface area contributed by atoms with E-state index in [4.69, 9.17) is 59.1 Å². The van der Waals surface area contributed by atoms with Crippen LogP contribution in [0.25, 0.3) is 0 Å². The van der Waals surface area contributed by atoms with Gasteiger partial charge in [0.15, 0.2) is 11.4 Å². The highest BCUT2D eigenvalue weighted by atomic mass is 35.5. The smallest absolute Gasteiger partial charge is 0.215 e. The molecule has 2 saturated heterocycles. The molecule has 0 aliphatic carbocycles. The van der Waals surface area contributed by atoms with Gasteiger partial charge in [0, 0.05) is 87.0 Å². The fourth-order valence-electron chi connectivity index (χ4n) is 6.28. The highest BCUT2D eigenvalue weighted by molar-refractivity contribution is 7.80. The standard InChI is InChI=1S/C37H44Cl2N6O5S/c1-4-43(22-35(46-2)47-3)36(51)41-28-6-8-29(9-7-28)44-17-19-45(20-18-44)30-10-12-31(13-11-30)48-23-32-24-49-37(50-32,25-42-16-15-40-26-42)33-14-5-27(38)21-34(33)39/h5-16,21,26,32,35H,4,17-20,22-25H2,1-3H3,(H,41,51). The van der Waals surface area contributed by atoms with Gasteiger partial charge in [-0.3, -0.25) is 0 Å². The Hall–Kier alpha value is -3.62. The summed E-state index contributed by atoms with van der Waals surface area (Å²) < 4.78 is 31.6. The number of imidazole rings is 1. The van der Waals surface area contributed by atoms with Gasteiger partial charge < -0.3 is 48.3 Å². The lowest BCUT2D eigenvalue weighted by atomic mass is 10.1. The van der Waals surface area contributed by atoms with Gasteiger partial charge in [0.1, 0.15) is 18.5 Å². The van der Waals surface area contributed by atoms with E-state index in [0.717, 1.165) is 49.8 Å². The van der Waals surface area contributed by atoms with Crippen molar-refractivity contribution in [3.05, 3.63) is 101 Å². The molecule has 0 radical (unpaired) electrons. The summed E-state index contributed by atoms with van der Waals surface area (Å²) in [5.41, 5.74) is 4.01. The van der Waals surface area contributed by atoms with Crippen molar-refractivity contribution in [3.63, 3.8) is 0 Å². The second-order valence-electron chi connectivity index (χ2n) is 12.4. The van der Waals surface area contributed by atoms with Gasteiger partial charge in [0.25, 0.3) is 0 Å². The van der Waals surface area contributed by atoms with Crippen LogP contribution in [0.3, 0.4) is 0 Å². The minimum atomic E-state index is -1.09. The molecule has 2 atom stereocenters. The van der Waals surface area contributed by atoms with Gasteiger partial charge in [-0.05, 0) is 79.8 Å². The molecule has 0 amide bonds. The van der Waals surface area contributed by atoms with Gasteiger partial charge in [-0.1, -0.05) is 29.3 Å². The van der Waals surface area contributed by atoms with Crippen LogP contribution in [0.15, 0.2) is 85.5 Å². The number of thiocarbonyl (C=S) groups is 1. The van der Waals surface area contributed by atoms with E-state index in [2.05, 4.69) is 63.4 Å². The second-order valence-corrected chi connectivity index (χ2v) is 13.6. The maximum atomic E-state index is 6.61. The minimum Gasteiger partial charge on any atom is -0.491 e. The predicted molar refractivity (Wildman–Crippen MR) is 205 cm³/mol. The zero-order chi connectivity index (χ0) is 35.8. The van der Waals surface area contributed by atoms with Crippen LogP contribution in [0.2, 0.25) is 10.0 Å². The Balaban J connectivity index is 0.980. The van der Waals surface area contributed by atoms with Gasteiger partial charge in [-0.25, -0.2) is 4.98 Å². The first-order valence-corrected chi connectivity index (χ1v) is 18.1. The number of piperazine rings is 1. The number of methoxy groups -OCH3 is 2. The molecule has 51 heavy (non-hydrogen) atoms. The molecular formula is C37H44Cl2N6O5S. The highest BCUT2D eigenvalue weighted by Crippen LogP contribution is 2.40. The maximum absolute atomic E-state index is 6.61. The van der Waals surface area contributed by atoms with Crippen LogP contribution in [-0.2, 0) is 31.3 Å². The van der Waals surface area contributed by atoms with Gasteiger partial charge in [0.2, 0.25) is 5.79 Å². The van der Waals surface area contributed by atoms with Gasteiger partial charge in [-0.15, -0.1) is 0 Å². The Morgan fingerprint density at radius 2 is 1.67 bits per heavy atom. The van der Waals surface area contributed by atoms with Crippen LogP contribution in [0.5, 0.6) is 5.75 Å². The Bertz CT molecular complexity index is 1710. The van der Waals surface area contributed by atoms with Crippen molar-refractivity contribution in [3.8, 4) is 5.75 Å². The predicted octanol–water partition coefficient (Wildman–Crippen LogP) is 6.50. The molecule has 2 unspecified atom stereocenters. The molecule has 272 valence electrons. The summed E-state index contributed by atoms with van der Waals surface area (Å²) in [6, 6.07) is 22.0. The molecule has 2 fully saturated rings. The normalized spacial score (nSPS) is 19.1. The average molecular weight is 756 g/mol. The van der Waals surface area contributed by atoms with Crippen molar-refractivity contribution in [2.24, 2.45) is 0 Å². The molecule has 3 heterocycles. The number of hydrogen-bond donors (Lipinski definition) is 1. The van der Waals surface area contributed by atoms with E-state index in [0.29, 0.717) is 47.0 Å². The van der Waals surface area contributed by atoms with Gasteiger partial charge in [0.05, 0.1) is 31.0 Å². The molecule has 4 aromatic rings. The molecule has 6 rings (SSSR count). The lowest BCUT2D eigenvalue weighted by Crippen LogP contribution is -2.46. The van der Waals surface area contributed by atoms with Crippen molar-refractivity contribution in [2.45, 2.75) is 31.6 Å². The topological polar surface area (TPSA) is 85.7 Å². The number of rotatable bonds is 14. The highest BCUT2D eigenvalue weighted by Gasteiger charge is 2.45. The number of nitrogens with zero attached hydrogens (tertiary/aromatic N) is 5. The zero-order valence-electron chi connectivity index (χ0n) is 29.0. The third-order valence-corrected chi connectivity index (χ3v) is 10.0. The Kier molecular flexibility index (Phi) is 12.6. The fourth-order valence-corrected chi connectivity index (χ4v) is 7.15. The molecule has 1 N–H and O–H groups in total. The van der Waals surface area contributed by atoms with E-state index in [-0.39, 0.29) is 12.4 Å². The summed E-state index contributed by atoms with van der Waals surface area (Å²) in [6.45, 7) is 8.07. The number of ether oxygens (including phenoxy) is 5. The maximum Gasteiger partial charge on any atom is 0.215 e. The number of nitrogens with one attached hydrogen (secondary N) is 1. The molecule has 1 aromatic heterocycles. The fraction of sp³-hybridized carbons (Fsp3) is 0.405. The summed E-state index contributed by atoms with van der Waals surface area (Å²) in [7, 11) is 3.26. The lowest BCUT2D eigenvalue weighted by molar-refractivity contribution is -0.189. The number of halogens is 2. The Labute approximate surface area is 314 Å². The van der Waals surface area contributed by atoms with Crippen molar-refractivity contribution in [1.29, 1.82) is 0 Å². The zero-order valence-corrected chi connectivity index (χ0v) is 31.4. The number of hydrogen-bond acceptors (Lipinski definition) is 9. The molecule has 0 saturated carbocycles. The van der Waals surface area contributed by atoms with Gasteiger partial charge in [-0.2, -0.15) is 0 Å². The molecular weight excluding hydrogens is 711 g/mol. The van der Waals surface area contributed by atoms with Crippen LogP contribution < -0.4 is 19.9 Å². The van der Waals surface area contributed by atoms with Crippen LogP contribution in [0.1, 0.15) is 12.5 Å². The minimum absolute atomic E-state index is 0.301. The number of anilines is 3.